The van der Waals surface area contributed by atoms with E-state index in [0.29, 0.717) is 17.7 Å². The van der Waals surface area contributed by atoms with Crippen molar-refractivity contribution >= 4 is 15.9 Å². The van der Waals surface area contributed by atoms with Crippen molar-refractivity contribution in [1.82, 2.24) is 19.8 Å². The number of nitrogens with zero attached hydrogens (tertiary/aromatic N) is 2. The molecule has 3 rings (SSSR count). The van der Waals surface area contributed by atoms with Crippen LogP contribution in [0.5, 0.6) is 0 Å². The van der Waals surface area contributed by atoms with Crippen LogP contribution < -0.4 is 10.0 Å². The SMILES string of the molecule is CC(C)(C)NS(=O)(=O)c1ccccc1CNC(=O)c1ccc(Cn2cccn2)cc1. The fraction of sp³-hybridized carbons (Fsp3) is 0.273. The molecule has 0 fully saturated rings. The second-order valence-electron chi connectivity index (χ2n) is 8.05. The first-order valence-corrected chi connectivity index (χ1v) is 11.1. The molecule has 1 amide bonds. The predicted octanol–water partition coefficient (Wildman–Crippen LogP) is 2.94. The van der Waals surface area contributed by atoms with Crippen molar-refractivity contribution in [2.45, 2.75) is 44.3 Å². The van der Waals surface area contributed by atoms with E-state index in [1.165, 1.54) is 0 Å². The number of amides is 1. The zero-order valence-electron chi connectivity index (χ0n) is 17.3. The van der Waals surface area contributed by atoms with E-state index in [4.69, 9.17) is 0 Å². The summed E-state index contributed by atoms with van der Waals surface area (Å²) in [5.41, 5.74) is 1.46. The first kappa shape index (κ1) is 21.7. The Labute approximate surface area is 177 Å². The summed E-state index contributed by atoms with van der Waals surface area (Å²) in [6.07, 6.45) is 3.59. The van der Waals surface area contributed by atoms with Crippen LogP contribution in [0, 0.1) is 0 Å². The standard InChI is InChI=1S/C22H26N4O3S/c1-22(2,3)25-30(28,29)20-8-5-4-7-19(20)15-23-21(27)18-11-9-17(10-12-18)16-26-14-6-13-24-26/h4-14,25H,15-16H2,1-3H3,(H,23,27). The number of hydrogen-bond acceptors (Lipinski definition) is 4. The monoisotopic (exact) mass is 426 g/mol. The molecule has 0 saturated heterocycles. The van der Waals surface area contributed by atoms with Crippen molar-refractivity contribution in [3.63, 3.8) is 0 Å². The van der Waals surface area contributed by atoms with E-state index in [1.807, 2.05) is 24.4 Å². The van der Waals surface area contributed by atoms with Gasteiger partial charge in [0.2, 0.25) is 10.0 Å². The van der Waals surface area contributed by atoms with Gasteiger partial charge in [-0.3, -0.25) is 9.48 Å². The highest BCUT2D eigenvalue weighted by atomic mass is 32.2. The summed E-state index contributed by atoms with van der Waals surface area (Å²) in [5.74, 6) is -0.267. The van der Waals surface area contributed by atoms with Gasteiger partial charge >= 0.3 is 0 Å². The van der Waals surface area contributed by atoms with Crippen LogP contribution in [-0.2, 0) is 23.1 Å². The Morgan fingerprint density at radius 2 is 1.73 bits per heavy atom. The quantitative estimate of drug-likeness (QED) is 0.607. The molecule has 2 aromatic carbocycles. The number of benzene rings is 2. The molecule has 0 aliphatic rings. The van der Waals surface area contributed by atoms with E-state index in [0.717, 1.165) is 5.56 Å². The van der Waals surface area contributed by atoms with Crippen molar-refractivity contribution in [1.29, 1.82) is 0 Å². The summed E-state index contributed by atoms with van der Waals surface area (Å²) in [5, 5.41) is 6.97. The van der Waals surface area contributed by atoms with Crippen LogP contribution in [-0.4, -0.2) is 29.6 Å². The molecule has 0 atom stereocenters. The summed E-state index contributed by atoms with van der Waals surface area (Å²) >= 11 is 0. The Kier molecular flexibility index (Phi) is 6.38. The minimum Gasteiger partial charge on any atom is -0.348 e. The fourth-order valence-electron chi connectivity index (χ4n) is 2.99. The van der Waals surface area contributed by atoms with Gasteiger partial charge in [-0.15, -0.1) is 0 Å². The van der Waals surface area contributed by atoms with Gasteiger partial charge in [0, 0.05) is 30.0 Å². The zero-order valence-corrected chi connectivity index (χ0v) is 18.1. The van der Waals surface area contributed by atoms with Gasteiger partial charge in [0.25, 0.3) is 5.91 Å². The largest absolute Gasteiger partial charge is 0.348 e. The summed E-state index contributed by atoms with van der Waals surface area (Å²) in [7, 11) is -3.70. The van der Waals surface area contributed by atoms with Crippen molar-refractivity contribution in [2.75, 3.05) is 0 Å². The fourth-order valence-corrected chi connectivity index (χ4v) is 4.65. The van der Waals surface area contributed by atoms with Crippen molar-refractivity contribution in [3.8, 4) is 0 Å². The Bertz CT molecular complexity index is 1100. The number of nitrogens with one attached hydrogen (secondary N) is 2. The first-order valence-electron chi connectivity index (χ1n) is 9.60. The molecular formula is C22H26N4O3S. The Morgan fingerprint density at radius 1 is 1.03 bits per heavy atom. The van der Waals surface area contributed by atoms with Gasteiger partial charge in [0.15, 0.2) is 0 Å². The van der Waals surface area contributed by atoms with Gasteiger partial charge in [0.05, 0.1) is 11.4 Å². The average molecular weight is 427 g/mol. The topological polar surface area (TPSA) is 93.1 Å². The van der Waals surface area contributed by atoms with Gasteiger partial charge in [-0.05, 0) is 56.2 Å². The Balaban J connectivity index is 1.68. The van der Waals surface area contributed by atoms with Crippen molar-refractivity contribution in [3.05, 3.63) is 83.7 Å². The third-order valence-electron chi connectivity index (χ3n) is 4.26. The zero-order chi connectivity index (χ0) is 21.8. The molecule has 8 heteroatoms. The number of carbonyl (C=O) groups excluding carboxylic acids is 1. The normalized spacial score (nSPS) is 12.0. The molecule has 3 aromatic rings. The van der Waals surface area contributed by atoms with Crippen LogP contribution in [0.2, 0.25) is 0 Å². The highest BCUT2D eigenvalue weighted by Gasteiger charge is 2.24. The molecule has 30 heavy (non-hydrogen) atoms. The molecule has 0 unspecified atom stereocenters. The summed E-state index contributed by atoms with van der Waals surface area (Å²) in [6.45, 7) is 6.08. The van der Waals surface area contributed by atoms with Gasteiger partial charge in [0.1, 0.15) is 0 Å². The van der Waals surface area contributed by atoms with Crippen LogP contribution in [0.15, 0.2) is 71.9 Å². The molecule has 0 aliphatic carbocycles. The summed E-state index contributed by atoms with van der Waals surface area (Å²) < 4.78 is 29.9. The molecular weight excluding hydrogens is 400 g/mol. The van der Waals surface area contributed by atoms with E-state index < -0.39 is 15.6 Å². The number of sulfonamides is 1. The molecule has 1 aromatic heterocycles. The number of carbonyl (C=O) groups is 1. The maximum atomic E-state index is 12.7. The van der Waals surface area contributed by atoms with Crippen molar-refractivity contribution < 1.29 is 13.2 Å². The maximum absolute atomic E-state index is 12.7. The molecule has 0 radical (unpaired) electrons. The number of rotatable bonds is 7. The molecule has 7 nitrogen and oxygen atoms in total. The predicted molar refractivity (Wildman–Crippen MR) is 115 cm³/mol. The van der Waals surface area contributed by atoms with Gasteiger partial charge in [-0.1, -0.05) is 30.3 Å². The van der Waals surface area contributed by atoms with Crippen LogP contribution in [0.1, 0.15) is 42.3 Å². The minimum absolute atomic E-state index is 0.106. The lowest BCUT2D eigenvalue weighted by Crippen LogP contribution is -2.41. The van der Waals surface area contributed by atoms with Crippen molar-refractivity contribution in [2.24, 2.45) is 0 Å². The molecule has 2 N–H and O–H groups in total. The van der Waals surface area contributed by atoms with E-state index in [-0.39, 0.29) is 17.3 Å². The second kappa shape index (κ2) is 8.81. The number of hydrogen-bond donors (Lipinski definition) is 2. The summed E-state index contributed by atoms with van der Waals surface area (Å²) in [6, 6.07) is 15.8. The smallest absolute Gasteiger partial charge is 0.251 e. The maximum Gasteiger partial charge on any atom is 0.251 e. The number of aromatic nitrogens is 2. The molecule has 0 aliphatic heterocycles. The van der Waals surface area contributed by atoms with Crippen LogP contribution in [0.25, 0.3) is 0 Å². The lowest BCUT2D eigenvalue weighted by Gasteiger charge is -2.21. The van der Waals surface area contributed by atoms with Crippen LogP contribution in [0.3, 0.4) is 0 Å². The van der Waals surface area contributed by atoms with E-state index in [2.05, 4.69) is 15.1 Å². The lowest BCUT2D eigenvalue weighted by molar-refractivity contribution is 0.0950. The highest BCUT2D eigenvalue weighted by molar-refractivity contribution is 7.89. The van der Waals surface area contributed by atoms with E-state index in [1.54, 1.807) is 68.0 Å². The summed E-state index contributed by atoms with van der Waals surface area (Å²) in [4.78, 5) is 12.7. The molecule has 0 spiro atoms. The molecule has 1 heterocycles. The highest BCUT2D eigenvalue weighted by Crippen LogP contribution is 2.18. The molecule has 0 bridgehead atoms. The van der Waals surface area contributed by atoms with Crippen LogP contribution in [0.4, 0.5) is 0 Å². The van der Waals surface area contributed by atoms with Gasteiger partial charge in [-0.2, -0.15) is 5.10 Å². The molecule has 0 saturated carbocycles. The lowest BCUT2D eigenvalue weighted by atomic mass is 10.1. The van der Waals surface area contributed by atoms with Crippen LogP contribution >= 0.6 is 0 Å². The van der Waals surface area contributed by atoms with Gasteiger partial charge in [-0.25, -0.2) is 13.1 Å². The third-order valence-corrected chi connectivity index (χ3v) is 6.12. The third kappa shape index (κ3) is 5.77. The minimum atomic E-state index is -3.70. The second-order valence-corrected chi connectivity index (χ2v) is 9.70. The average Bonchev–Trinajstić information content (AvgIpc) is 3.18. The Hall–Kier alpha value is -2.97. The van der Waals surface area contributed by atoms with E-state index in [9.17, 15) is 13.2 Å². The Morgan fingerprint density at radius 3 is 2.37 bits per heavy atom. The first-order chi connectivity index (χ1) is 14.1. The van der Waals surface area contributed by atoms with E-state index >= 15 is 0 Å². The molecule has 158 valence electrons. The van der Waals surface area contributed by atoms with Gasteiger partial charge < -0.3 is 5.32 Å².